The van der Waals surface area contributed by atoms with Crippen LogP contribution in [-0.2, 0) is 13.1 Å². The lowest BCUT2D eigenvalue weighted by Gasteiger charge is -2.22. The quantitative estimate of drug-likeness (QED) is 0.856. The molecule has 1 aliphatic rings. The molecule has 2 aromatic rings. The standard InChI is InChI=1S/C16H18ClN3/c17-16-9-19-8-7-13(16)11-20(15-5-6-15)10-12-1-3-14(18)4-2-12/h1-4,7-9,15H,5-6,10-11,18H2. The van der Waals surface area contributed by atoms with Crippen LogP contribution in [0, 0.1) is 0 Å². The van der Waals surface area contributed by atoms with E-state index in [0.717, 1.165) is 29.4 Å². The van der Waals surface area contributed by atoms with E-state index in [1.54, 1.807) is 12.4 Å². The zero-order valence-corrected chi connectivity index (χ0v) is 12.1. The lowest BCUT2D eigenvalue weighted by Crippen LogP contribution is -2.25. The minimum atomic E-state index is 0.678. The number of nitrogen functional groups attached to an aromatic ring is 1. The van der Waals surface area contributed by atoms with Gasteiger partial charge in [-0.05, 0) is 42.2 Å². The van der Waals surface area contributed by atoms with E-state index in [4.69, 9.17) is 17.3 Å². The molecule has 3 nitrogen and oxygen atoms in total. The molecule has 0 unspecified atom stereocenters. The number of aromatic nitrogens is 1. The van der Waals surface area contributed by atoms with Gasteiger partial charge in [0.2, 0.25) is 0 Å². The molecule has 1 heterocycles. The Hall–Kier alpha value is -1.58. The topological polar surface area (TPSA) is 42.1 Å². The molecule has 3 rings (SSSR count). The second-order valence-electron chi connectivity index (χ2n) is 5.34. The number of halogens is 1. The van der Waals surface area contributed by atoms with Crippen LogP contribution in [0.4, 0.5) is 5.69 Å². The zero-order chi connectivity index (χ0) is 13.9. The van der Waals surface area contributed by atoms with Crippen LogP contribution in [0.3, 0.4) is 0 Å². The average Bonchev–Trinajstić information content (AvgIpc) is 3.27. The Bertz CT molecular complexity index is 579. The van der Waals surface area contributed by atoms with Crippen LogP contribution >= 0.6 is 11.6 Å². The van der Waals surface area contributed by atoms with Gasteiger partial charge in [0.15, 0.2) is 0 Å². The average molecular weight is 288 g/mol. The molecule has 1 fully saturated rings. The van der Waals surface area contributed by atoms with Crippen LogP contribution in [0.15, 0.2) is 42.7 Å². The van der Waals surface area contributed by atoms with Crippen molar-refractivity contribution in [3.63, 3.8) is 0 Å². The third-order valence-corrected chi connectivity index (χ3v) is 4.00. The fourth-order valence-corrected chi connectivity index (χ4v) is 2.54. The first-order valence-corrected chi connectivity index (χ1v) is 7.27. The fraction of sp³-hybridized carbons (Fsp3) is 0.312. The van der Waals surface area contributed by atoms with E-state index < -0.39 is 0 Å². The third kappa shape index (κ3) is 3.30. The van der Waals surface area contributed by atoms with E-state index in [-0.39, 0.29) is 0 Å². The van der Waals surface area contributed by atoms with Gasteiger partial charge < -0.3 is 5.73 Å². The molecule has 0 atom stereocenters. The summed E-state index contributed by atoms with van der Waals surface area (Å²) in [5, 5.41) is 0.746. The number of pyridine rings is 1. The van der Waals surface area contributed by atoms with Crippen molar-refractivity contribution in [2.24, 2.45) is 0 Å². The van der Waals surface area contributed by atoms with E-state index >= 15 is 0 Å². The van der Waals surface area contributed by atoms with Gasteiger partial charge in [-0.3, -0.25) is 9.88 Å². The van der Waals surface area contributed by atoms with Crippen LogP contribution in [-0.4, -0.2) is 15.9 Å². The molecule has 20 heavy (non-hydrogen) atoms. The summed E-state index contributed by atoms with van der Waals surface area (Å²) in [5.41, 5.74) is 8.98. The molecule has 2 N–H and O–H groups in total. The van der Waals surface area contributed by atoms with E-state index in [1.807, 2.05) is 18.2 Å². The summed E-state index contributed by atoms with van der Waals surface area (Å²) in [6.45, 7) is 1.81. The first kappa shape index (κ1) is 13.4. The minimum absolute atomic E-state index is 0.678. The van der Waals surface area contributed by atoms with Gasteiger partial charge >= 0.3 is 0 Å². The van der Waals surface area contributed by atoms with Gasteiger partial charge in [-0.1, -0.05) is 23.7 Å². The van der Waals surface area contributed by atoms with Crippen molar-refractivity contribution >= 4 is 17.3 Å². The van der Waals surface area contributed by atoms with Gasteiger partial charge in [0.05, 0.1) is 5.02 Å². The highest BCUT2D eigenvalue weighted by molar-refractivity contribution is 6.31. The first-order chi connectivity index (χ1) is 9.72. The van der Waals surface area contributed by atoms with Crippen molar-refractivity contribution in [2.45, 2.75) is 32.0 Å². The molecule has 1 aliphatic carbocycles. The second-order valence-corrected chi connectivity index (χ2v) is 5.75. The summed E-state index contributed by atoms with van der Waals surface area (Å²) in [6.07, 6.45) is 6.07. The Morgan fingerprint density at radius 3 is 2.55 bits per heavy atom. The highest BCUT2D eigenvalue weighted by Crippen LogP contribution is 2.31. The molecule has 1 saturated carbocycles. The van der Waals surface area contributed by atoms with Crippen LogP contribution < -0.4 is 5.73 Å². The molecule has 0 saturated heterocycles. The molecule has 4 heteroatoms. The van der Waals surface area contributed by atoms with E-state index in [2.05, 4.69) is 22.0 Å². The summed E-state index contributed by atoms with van der Waals surface area (Å²) >= 11 is 6.21. The monoisotopic (exact) mass is 287 g/mol. The third-order valence-electron chi connectivity index (χ3n) is 3.66. The maximum atomic E-state index is 6.21. The first-order valence-electron chi connectivity index (χ1n) is 6.89. The van der Waals surface area contributed by atoms with Crippen LogP contribution in [0.5, 0.6) is 0 Å². The van der Waals surface area contributed by atoms with E-state index in [9.17, 15) is 0 Å². The van der Waals surface area contributed by atoms with E-state index in [0.29, 0.717) is 6.04 Å². The molecule has 1 aromatic carbocycles. The molecule has 0 radical (unpaired) electrons. The summed E-state index contributed by atoms with van der Waals surface area (Å²) < 4.78 is 0. The van der Waals surface area contributed by atoms with Gasteiger partial charge in [-0.15, -0.1) is 0 Å². The molecule has 104 valence electrons. The Balaban J connectivity index is 1.73. The maximum absolute atomic E-state index is 6.21. The molecular weight excluding hydrogens is 270 g/mol. The molecule has 1 aromatic heterocycles. The Labute approximate surface area is 124 Å². The molecule has 0 spiro atoms. The van der Waals surface area contributed by atoms with Crippen molar-refractivity contribution < 1.29 is 0 Å². The lowest BCUT2D eigenvalue weighted by atomic mass is 10.1. The van der Waals surface area contributed by atoms with Crippen molar-refractivity contribution in [1.82, 2.24) is 9.88 Å². The van der Waals surface area contributed by atoms with Crippen molar-refractivity contribution in [2.75, 3.05) is 5.73 Å². The highest BCUT2D eigenvalue weighted by Gasteiger charge is 2.29. The zero-order valence-electron chi connectivity index (χ0n) is 11.3. The number of nitrogens with two attached hydrogens (primary N) is 1. The molecule has 0 bridgehead atoms. The molecule has 0 aliphatic heterocycles. The normalized spacial score (nSPS) is 14.7. The summed E-state index contributed by atoms with van der Waals surface area (Å²) in [7, 11) is 0. The van der Waals surface area contributed by atoms with E-state index in [1.165, 1.54) is 18.4 Å². The number of benzene rings is 1. The maximum Gasteiger partial charge on any atom is 0.0634 e. The van der Waals surface area contributed by atoms with Gasteiger partial charge in [-0.2, -0.15) is 0 Å². The summed E-state index contributed by atoms with van der Waals surface area (Å²) in [5.74, 6) is 0. The minimum Gasteiger partial charge on any atom is -0.399 e. The predicted molar refractivity (Wildman–Crippen MR) is 82.4 cm³/mol. The van der Waals surface area contributed by atoms with Gasteiger partial charge in [0.1, 0.15) is 0 Å². The van der Waals surface area contributed by atoms with Gasteiger partial charge in [0.25, 0.3) is 0 Å². The number of nitrogens with zero attached hydrogens (tertiary/aromatic N) is 2. The predicted octanol–water partition coefficient (Wildman–Crippen LogP) is 3.48. The van der Waals surface area contributed by atoms with Crippen LogP contribution in [0.1, 0.15) is 24.0 Å². The second kappa shape index (κ2) is 5.81. The number of anilines is 1. The van der Waals surface area contributed by atoms with Crippen LogP contribution in [0.25, 0.3) is 0 Å². The van der Waals surface area contributed by atoms with Gasteiger partial charge in [-0.25, -0.2) is 0 Å². The number of hydrogen-bond acceptors (Lipinski definition) is 3. The lowest BCUT2D eigenvalue weighted by molar-refractivity contribution is 0.246. The Morgan fingerprint density at radius 2 is 1.90 bits per heavy atom. The van der Waals surface area contributed by atoms with Crippen molar-refractivity contribution in [3.8, 4) is 0 Å². The molecule has 0 amide bonds. The van der Waals surface area contributed by atoms with Gasteiger partial charge in [0, 0.05) is 37.2 Å². The summed E-state index contributed by atoms with van der Waals surface area (Å²) in [6, 6.07) is 10.8. The summed E-state index contributed by atoms with van der Waals surface area (Å²) in [4.78, 5) is 6.52. The van der Waals surface area contributed by atoms with Crippen molar-refractivity contribution in [3.05, 3.63) is 58.9 Å². The molecular formula is C16H18ClN3. The Morgan fingerprint density at radius 1 is 1.15 bits per heavy atom. The van der Waals surface area contributed by atoms with Crippen molar-refractivity contribution in [1.29, 1.82) is 0 Å². The SMILES string of the molecule is Nc1ccc(CN(Cc2ccncc2Cl)C2CC2)cc1. The fourth-order valence-electron chi connectivity index (χ4n) is 2.36. The smallest absolute Gasteiger partial charge is 0.0634 e. The number of hydrogen-bond donors (Lipinski definition) is 1. The number of rotatable bonds is 5. The van der Waals surface area contributed by atoms with Crippen LogP contribution in [0.2, 0.25) is 5.02 Å². The Kier molecular flexibility index (Phi) is 3.90. The largest absolute Gasteiger partial charge is 0.399 e. The highest BCUT2D eigenvalue weighted by atomic mass is 35.5.